The molecule has 1 amide bonds. The Morgan fingerprint density at radius 1 is 1.04 bits per heavy atom. The lowest BCUT2D eigenvalue weighted by Crippen LogP contribution is -2.20. The molecule has 3 rings (SSSR count). The summed E-state index contributed by atoms with van der Waals surface area (Å²) in [6, 6.07) is 8.49. The van der Waals surface area contributed by atoms with Gasteiger partial charge in [0.1, 0.15) is 0 Å². The third-order valence-electron chi connectivity index (χ3n) is 4.95. The van der Waals surface area contributed by atoms with E-state index in [-0.39, 0.29) is 5.91 Å². The molecule has 1 aromatic heterocycles. The molecular weight excluding hydrogens is 310 g/mol. The van der Waals surface area contributed by atoms with Crippen molar-refractivity contribution >= 4 is 22.5 Å². The average Bonchev–Trinajstić information content (AvgIpc) is 2.62. The van der Waals surface area contributed by atoms with Gasteiger partial charge in [0.15, 0.2) is 0 Å². The molecule has 4 nitrogen and oxygen atoms in total. The minimum atomic E-state index is 0.0657. The Morgan fingerprint density at radius 2 is 1.80 bits per heavy atom. The normalized spacial score (nSPS) is 13.5. The maximum absolute atomic E-state index is 10.8. The highest BCUT2D eigenvalue weighted by Crippen LogP contribution is 2.33. The average molecular weight is 339 g/mol. The predicted molar refractivity (Wildman–Crippen MR) is 104 cm³/mol. The fraction of sp³-hybridized carbons (Fsp3) is 0.524. The van der Waals surface area contributed by atoms with Crippen LogP contribution in [0.15, 0.2) is 24.3 Å². The largest absolute Gasteiger partial charge is 0.384 e. The summed E-state index contributed by atoms with van der Waals surface area (Å²) in [5.74, 6) is 0.0657. The molecule has 25 heavy (non-hydrogen) atoms. The number of rotatable bonds is 8. The first-order valence-corrected chi connectivity index (χ1v) is 9.64. The Labute approximate surface area is 150 Å². The molecule has 1 heterocycles. The molecule has 2 N–H and O–H groups in total. The van der Waals surface area contributed by atoms with E-state index < -0.39 is 0 Å². The number of carbonyl (C=O) groups excluding carboxylic acids is 1. The van der Waals surface area contributed by atoms with Crippen molar-refractivity contribution in [3.63, 3.8) is 0 Å². The monoisotopic (exact) mass is 339 g/mol. The van der Waals surface area contributed by atoms with E-state index in [0.717, 1.165) is 50.7 Å². The van der Waals surface area contributed by atoms with Crippen LogP contribution < -0.4 is 10.6 Å². The van der Waals surface area contributed by atoms with Crippen molar-refractivity contribution in [2.75, 3.05) is 18.4 Å². The van der Waals surface area contributed by atoms with Crippen LogP contribution in [0.4, 0.5) is 5.69 Å². The number of pyridine rings is 1. The zero-order valence-electron chi connectivity index (χ0n) is 15.2. The molecule has 0 bridgehead atoms. The zero-order valence-corrected chi connectivity index (χ0v) is 15.2. The first kappa shape index (κ1) is 17.7. The summed E-state index contributed by atoms with van der Waals surface area (Å²) in [7, 11) is 0. The van der Waals surface area contributed by atoms with Crippen LogP contribution in [0.5, 0.6) is 0 Å². The van der Waals surface area contributed by atoms with Crippen molar-refractivity contribution in [3.8, 4) is 0 Å². The van der Waals surface area contributed by atoms with E-state index in [1.165, 1.54) is 41.6 Å². The van der Waals surface area contributed by atoms with E-state index in [1.54, 1.807) is 6.92 Å². The van der Waals surface area contributed by atoms with E-state index in [2.05, 4.69) is 34.9 Å². The number of carbonyl (C=O) groups is 1. The highest BCUT2D eigenvalue weighted by molar-refractivity contribution is 5.93. The number of para-hydroxylation sites is 1. The van der Waals surface area contributed by atoms with Crippen molar-refractivity contribution in [1.82, 2.24) is 10.3 Å². The van der Waals surface area contributed by atoms with Gasteiger partial charge in [-0.25, -0.2) is 0 Å². The number of aryl methyl sites for hydroxylation is 1. The standard InChI is InChI=1S/C21H29N3O/c1-16(25)22-14-8-2-3-9-15-23-21-17-10-4-6-12-19(17)24-20-13-7-5-11-18(20)21/h4,6,10,12H,2-3,5,7-9,11,13-15H2,1H3,(H,22,25)(H,23,24). The predicted octanol–water partition coefficient (Wildman–Crippen LogP) is 4.22. The summed E-state index contributed by atoms with van der Waals surface area (Å²) < 4.78 is 0. The second-order valence-corrected chi connectivity index (χ2v) is 6.96. The number of benzene rings is 1. The highest BCUT2D eigenvalue weighted by Gasteiger charge is 2.17. The summed E-state index contributed by atoms with van der Waals surface area (Å²) in [6.07, 6.45) is 9.36. The van der Waals surface area contributed by atoms with E-state index in [9.17, 15) is 4.79 Å². The number of unbranched alkanes of at least 4 members (excludes halogenated alkanes) is 3. The first-order chi connectivity index (χ1) is 12.3. The lowest BCUT2D eigenvalue weighted by Gasteiger charge is -2.21. The molecule has 2 aromatic rings. The summed E-state index contributed by atoms with van der Waals surface area (Å²) in [5.41, 5.74) is 5.16. The Kier molecular flexibility index (Phi) is 6.26. The van der Waals surface area contributed by atoms with Gasteiger partial charge in [0.05, 0.1) is 5.52 Å². The molecule has 1 aromatic carbocycles. The van der Waals surface area contributed by atoms with Gasteiger partial charge in [0, 0.05) is 36.8 Å². The van der Waals surface area contributed by atoms with Crippen LogP contribution in [0.3, 0.4) is 0 Å². The second kappa shape index (κ2) is 8.84. The molecule has 0 atom stereocenters. The van der Waals surface area contributed by atoms with Gasteiger partial charge in [-0.3, -0.25) is 9.78 Å². The molecule has 0 saturated heterocycles. The SMILES string of the molecule is CC(=O)NCCCCCCNc1c2c(nc3ccccc13)CCCC2. The molecule has 0 spiro atoms. The third-order valence-corrected chi connectivity index (χ3v) is 4.95. The number of hydrogen-bond donors (Lipinski definition) is 2. The smallest absolute Gasteiger partial charge is 0.216 e. The first-order valence-electron chi connectivity index (χ1n) is 9.64. The Hall–Kier alpha value is -2.10. The van der Waals surface area contributed by atoms with Gasteiger partial charge < -0.3 is 10.6 Å². The summed E-state index contributed by atoms with van der Waals surface area (Å²) in [6.45, 7) is 3.37. The van der Waals surface area contributed by atoms with Crippen molar-refractivity contribution in [3.05, 3.63) is 35.5 Å². The van der Waals surface area contributed by atoms with Crippen molar-refractivity contribution in [1.29, 1.82) is 0 Å². The van der Waals surface area contributed by atoms with Crippen molar-refractivity contribution in [2.45, 2.75) is 58.3 Å². The molecule has 0 radical (unpaired) electrons. The second-order valence-electron chi connectivity index (χ2n) is 6.96. The van der Waals surface area contributed by atoms with E-state index in [0.29, 0.717) is 0 Å². The van der Waals surface area contributed by atoms with Gasteiger partial charge in [0.2, 0.25) is 5.91 Å². The maximum atomic E-state index is 10.8. The van der Waals surface area contributed by atoms with Crippen molar-refractivity contribution in [2.24, 2.45) is 0 Å². The summed E-state index contributed by atoms with van der Waals surface area (Å²) in [5, 5.41) is 7.83. The van der Waals surface area contributed by atoms with E-state index >= 15 is 0 Å². The molecule has 0 unspecified atom stereocenters. The number of amides is 1. The fourth-order valence-electron chi connectivity index (χ4n) is 3.66. The van der Waals surface area contributed by atoms with Crippen molar-refractivity contribution < 1.29 is 4.79 Å². The molecule has 0 aliphatic heterocycles. The number of hydrogen-bond acceptors (Lipinski definition) is 3. The molecule has 0 fully saturated rings. The summed E-state index contributed by atoms with van der Waals surface area (Å²) >= 11 is 0. The van der Waals surface area contributed by atoms with Crippen LogP contribution in [0, 0.1) is 0 Å². The van der Waals surface area contributed by atoms with E-state index in [4.69, 9.17) is 4.98 Å². The number of fused-ring (bicyclic) bond motifs is 2. The van der Waals surface area contributed by atoms with Gasteiger partial charge in [-0.1, -0.05) is 31.0 Å². The molecule has 0 saturated carbocycles. The number of anilines is 1. The quantitative estimate of drug-likeness (QED) is 0.708. The Morgan fingerprint density at radius 3 is 2.64 bits per heavy atom. The van der Waals surface area contributed by atoms with Gasteiger partial charge in [-0.2, -0.15) is 0 Å². The fourth-order valence-corrected chi connectivity index (χ4v) is 3.66. The van der Waals surface area contributed by atoms with Gasteiger partial charge >= 0.3 is 0 Å². The topological polar surface area (TPSA) is 54.0 Å². The molecular formula is C21H29N3O. The molecule has 134 valence electrons. The minimum absolute atomic E-state index is 0.0657. The van der Waals surface area contributed by atoms with Crippen LogP contribution in [0.1, 0.15) is 56.7 Å². The number of nitrogens with zero attached hydrogens (tertiary/aromatic N) is 1. The van der Waals surface area contributed by atoms with Gasteiger partial charge in [0.25, 0.3) is 0 Å². The maximum Gasteiger partial charge on any atom is 0.216 e. The molecule has 1 aliphatic carbocycles. The lowest BCUT2D eigenvalue weighted by molar-refractivity contribution is -0.118. The Bertz CT molecular complexity index is 726. The van der Waals surface area contributed by atoms with Crippen LogP contribution in [0.25, 0.3) is 10.9 Å². The number of aromatic nitrogens is 1. The minimum Gasteiger partial charge on any atom is -0.384 e. The lowest BCUT2D eigenvalue weighted by atomic mass is 9.92. The zero-order chi connectivity index (χ0) is 17.5. The molecule has 1 aliphatic rings. The Balaban J connectivity index is 1.57. The van der Waals surface area contributed by atoms with Gasteiger partial charge in [-0.05, 0) is 50.2 Å². The van der Waals surface area contributed by atoms with Crippen LogP contribution >= 0.6 is 0 Å². The highest BCUT2D eigenvalue weighted by atomic mass is 16.1. The van der Waals surface area contributed by atoms with Crippen LogP contribution in [-0.4, -0.2) is 24.0 Å². The van der Waals surface area contributed by atoms with Crippen LogP contribution in [0.2, 0.25) is 0 Å². The van der Waals surface area contributed by atoms with Gasteiger partial charge in [-0.15, -0.1) is 0 Å². The summed E-state index contributed by atoms with van der Waals surface area (Å²) in [4.78, 5) is 15.7. The number of nitrogens with one attached hydrogen (secondary N) is 2. The third kappa shape index (κ3) is 4.71. The van der Waals surface area contributed by atoms with Crippen LogP contribution in [-0.2, 0) is 17.6 Å². The molecule has 4 heteroatoms. The van der Waals surface area contributed by atoms with E-state index in [1.807, 2.05) is 0 Å².